The molecule has 0 amide bonds. The number of para-hydroxylation sites is 1. The van der Waals surface area contributed by atoms with Crippen molar-refractivity contribution in [2.45, 2.75) is 25.8 Å². The minimum atomic E-state index is 0.494. The van der Waals surface area contributed by atoms with Gasteiger partial charge in [0, 0.05) is 18.1 Å². The van der Waals surface area contributed by atoms with Crippen LogP contribution in [0, 0.1) is 0 Å². The molecule has 1 saturated heterocycles. The highest BCUT2D eigenvalue weighted by atomic mass is 32.2. The molecule has 2 rings (SSSR count). The van der Waals surface area contributed by atoms with Crippen LogP contribution in [0.15, 0.2) is 24.3 Å². The van der Waals surface area contributed by atoms with Crippen molar-refractivity contribution in [1.82, 2.24) is 5.32 Å². The molecule has 1 aromatic rings. The van der Waals surface area contributed by atoms with E-state index in [4.69, 9.17) is 4.74 Å². The number of ether oxygens (including phenoxy) is 1. The maximum absolute atomic E-state index is 5.96. The Bertz CT molecular complexity index is 348. The van der Waals surface area contributed by atoms with Crippen LogP contribution in [-0.4, -0.2) is 30.7 Å². The molecule has 1 aliphatic rings. The molecule has 0 saturated carbocycles. The standard InChI is InChI=1S/C14H21NOS/c1-11(2)13-5-3-4-6-14(13)16-9-12-10-17-8-7-15-12/h3-6,11-12,15H,7-10H2,1-2H3. The van der Waals surface area contributed by atoms with Gasteiger partial charge in [0.1, 0.15) is 12.4 Å². The van der Waals surface area contributed by atoms with Crippen LogP contribution >= 0.6 is 11.8 Å². The molecule has 1 aromatic carbocycles. The van der Waals surface area contributed by atoms with Crippen molar-refractivity contribution < 1.29 is 4.74 Å². The van der Waals surface area contributed by atoms with Gasteiger partial charge < -0.3 is 10.1 Å². The SMILES string of the molecule is CC(C)c1ccccc1OCC1CSCCN1. The predicted molar refractivity (Wildman–Crippen MR) is 75.1 cm³/mol. The lowest BCUT2D eigenvalue weighted by Crippen LogP contribution is -2.41. The summed E-state index contributed by atoms with van der Waals surface area (Å²) < 4.78 is 5.96. The lowest BCUT2D eigenvalue weighted by atomic mass is 10.0. The van der Waals surface area contributed by atoms with Gasteiger partial charge in [-0.25, -0.2) is 0 Å². The van der Waals surface area contributed by atoms with Crippen molar-refractivity contribution in [3.63, 3.8) is 0 Å². The lowest BCUT2D eigenvalue weighted by molar-refractivity contribution is 0.272. The molecule has 94 valence electrons. The van der Waals surface area contributed by atoms with Crippen LogP contribution in [-0.2, 0) is 0 Å². The highest BCUT2D eigenvalue weighted by Crippen LogP contribution is 2.26. The normalized spacial score (nSPS) is 20.5. The van der Waals surface area contributed by atoms with Crippen LogP contribution < -0.4 is 10.1 Å². The van der Waals surface area contributed by atoms with Gasteiger partial charge in [0.05, 0.1) is 6.04 Å². The van der Waals surface area contributed by atoms with E-state index >= 15 is 0 Å². The fourth-order valence-electron chi connectivity index (χ4n) is 2.01. The predicted octanol–water partition coefficient (Wildman–Crippen LogP) is 2.89. The Balaban J connectivity index is 1.93. The molecule has 1 unspecified atom stereocenters. The topological polar surface area (TPSA) is 21.3 Å². The second kappa shape index (κ2) is 6.31. The Hall–Kier alpha value is -0.670. The number of rotatable bonds is 4. The van der Waals surface area contributed by atoms with Crippen LogP contribution in [0.25, 0.3) is 0 Å². The van der Waals surface area contributed by atoms with E-state index in [0.29, 0.717) is 12.0 Å². The van der Waals surface area contributed by atoms with Gasteiger partial charge in [-0.1, -0.05) is 32.0 Å². The van der Waals surface area contributed by atoms with E-state index in [0.717, 1.165) is 24.7 Å². The fourth-order valence-corrected chi connectivity index (χ4v) is 2.93. The second-order valence-corrected chi connectivity index (χ2v) is 5.88. The summed E-state index contributed by atoms with van der Waals surface area (Å²) in [6.07, 6.45) is 0. The molecule has 3 heteroatoms. The Morgan fingerprint density at radius 3 is 2.94 bits per heavy atom. The third-order valence-corrected chi connectivity index (χ3v) is 4.11. The Labute approximate surface area is 108 Å². The zero-order valence-electron chi connectivity index (χ0n) is 10.6. The molecule has 1 fully saturated rings. The third kappa shape index (κ3) is 3.65. The van der Waals surface area contributed by atoms with Gasteiger partial charge in [-0.3, -0.25) is 0 Å². The number of benzene rings is 1. The molecule has 1 atom stereocenters. The molecule has 0 radical (unpaired) electrons. The maximum atomic E-state index is 5.96. The maximum Gasteiger partial charge on any atom is 0.122 e. The van der Waals surface area contributed by atoms with E-state index in [1.165, 1.54) is 11.3 Å². The summed E-state index contributed by atoms with van der Waals surface area (Å²) in [6, 6.07) is 8.85. The molecule has 1 aliphatic heterocycles. The van der Waals surface area contributed by atoms with Crippen molar-refractivity contribution in [3.05, 3.63) is 29.8 Å². The van der Waals surface area contributed by atoms with Gasteiger partial charge in [0.15, 0.2) is 0 Å². The highest BCUT2D eigenvalue weighted by Gasteiger charge is 2.14. The molecule has 2 nitrogen and oxygen atoms in total. The van der Waals surface area contributed by atoms with E-state index < -0.39 is 0 Å². The minimum absolute atomic E-state index is 0.494. The van der Waals surface area contributed by atoms with Crippen LogP contribution in [0.1, 0.15) is 25.3 Å². The molecule has 17 heavy (non-hydrogen) atoms. The van der Waals surface area contributed by atoms with Gasteiger partial charge in [0.25, 0.3) is 0 Å². The van der Waals surface area contributed by atoms with Crippen molar-refractivity contribution in [1.29, 1.82) is 0 Å². The molecular weight excluding hydrogens is 230 g/mol. The van der Waals surface area contributed by atoms with Crippen LogP contribution in [0.2, 0.25) is 0 Å². The highest BCUT2D eigenvalue weighted by molar-refractivity contribution is 7.99. The zero-order chi connectivity index (χ0) is 12.1. The molecule has 0 spiro atoms. The van der Waals surface area contributed by atoms with E-state index in [-0.39, 0.29) is 0 Å². The number of nitrogens with one attached hydrogen (secondary N) is 1. The van der Waals surface area contributed by atoms with Crippen LogP contribution in [0.4, 0.5) is 0 Å². The largest absolute Gasteiger partial charge is 0.492 e. The first-order valence-electron chi connectivity index (χ1n) is 6.30. The van der Waals surface area contributed by atoms with Gasteiger partial charge in [-0.05, 0) is 17.5 Å². The quantitative estimate of drug-likeness (QED) is 0.889. The summed E-state index contributed by atoms with van der Waals surface area (Å²) in [4.78, 5) is 0. The summed E-state index contributed by atoms with van der Waals surface area (Å²) in [5.41, 5.74) is 1.30. The Morgan fingerprint density at radius 2 is 2.24 bits per heavy atom. The minimum Gasteiger partial charge on any atom is -0.492 e. The number of hydrogen-bond acceptors (Lipinski definition) is 3. The third-order valence-electron chi connectivity index (χ3n) is 2.98. The average molecular weight is 251 g/mol. The smallest absolute Gasteiger partial charge is 0.122 e. The van der Waals surface area contributed by atoms with E-state index in [1.54, 1.807) is 0 Å². The molecule has 0 aliphatic carbocycles. The second-order valence-electron chi connectivity index (χ2n) is 4.73. The Morgan fingerprint density at radius 1 is 1.41 bits per heavy atom. The fraction of sp³-hybridized carbons (Fsp3) is 0.571. The summed E-state index contributed by atoms with van der Waals surface area (Å²) in [5, 5.41) is 3.49. The molecular formula is C14H21NOS. The van der Waals surface area contributed by atoms with E-state index in [9.17, 15) is 0 Å². The summed E-state index contributed by atoms with van der Waals surface area (Å²) >= 11 is 2.01. The Kier molecular flexibility index (Phi) is 4.75. The number of hydrogen-bond donors (Lipinski definition) is 1. The molecule has 0 aromatic heterocycles. The first-order valence-corrected chi connectivity index (χ1v) is 7.45. The first-order chi connectivity index (χ1) is 8.27. The van der Waals surface area contributed by atoms with Gasteiger partial charge in [-0.15, -0.1) is 0 Å². The van der Waals surface area contributed by atoms with Crippen molar-refractivity contribution in [2.24, 2.45) is 0 Å². The summed E-state index contributed by atoms with van der Waals surface area (Å²) in [7, 11) is 0. The van der Waals surface area contributed by atoms with Gasteiger partial charge >= 0.3 is 0 Å². The lowest BCUT2D eigenvalue weighted by Gasteiger charge is -2.24. The zero-order valence-corrected chi connectivity index (χ0v) is 11.4. The van der Waals surface area contributed by atoms with Crippen molar-refractivity contribution in [3.8, 4) is 5.75 Å². The van der Waals surface area contributed by atoms with E-state index in [2.05, 4.69) is 37.4 Å². The molecule has 1 heterocycles. The van der Waals surface area contributed by atoms with Crippen LogP contribution in [0.3, 0.4) is 0 Å². The van der Waals surface area contributed by atoms with Crippen LogP contribution in [0.5, 0.6) is 5.75 Å². The molecule has 1 N–H and O–H groups in total. The number of thioether (sulfide) groups is 1. The van der Waals surface area contributed by atoms with Crippen molar-refractivity contribution >= 4 is 11.8 Å². The molecule has 0 bridgehead atoms. The monoisotopic (exact) mass is 251 g/mol. The van der Waals surface area contributed by atoms with Gasteiger partial charge in [0.2, 0.25) is 0 Å². The van der Waals surface area contributed by atoms with Gasteiger partial charge in [-0.2, -0.15) is 11.8 Å². The van der Waals surface area contributed by atoms with Crippen molar-refractivity contribution in [2.75, 3.05) is 24.7 Å². The summed E-state index contributed by atoms with van der Waals surface area (Å²) in [6.45, 7) is 6.29. The van der Waals surface area contributed by atoms with E-state index in [1.807, 2.05) is 17.8 Å². The summed E-state index contributed by atoms with van der Waals surface area (Å²) in [5.74, 6) is 3.93. The average Bonchev–Trinajstić information content (AvgIpc) is 2.38. The first kappa shape index (κ1) is 12.8.